The monoisotopic (exact) mass is 374 g/mol. The number of methoxy groups -OCH3 is 2. The number of carbonyl (C=O) groups excluding carboxylic acids is 1. The molecule has 7 nitrogen and oxygen atoms in total. The molecule has 0 saturated heterocycles. The van der Waals surface area contributed by atoms with Gasteiger partial charge in [0.25, 0.3) is 5.89 Å². The van der Waals surface area contributed by atoms with Crippen molar-refractivity contribution in [3.63, 3.8) is 0 Å². The summed E-state index contributed by atoms with van der Waals surface area (Å²) in [6.07, 6.45) is 0. The fourth-order valence-corrected chi connectivity index (χ4v) is 2.45. The molecule has 8 heteroatoms. The highest BCUT2D eigenvalue weighted by Crippen LogP contribution is 2.30. The zero-order valence-electron chi connectivity index (χ0n) is 14.1. The van der Waals surface area contributed by atoms with E-state index in [1.807, 2.05) is 12.1 Å². The molecule has 0 aliphatic rings. The van der Waals surface area contributed by atoms with Gasteiger partial charge in [-0.05, 0) is 30.3 Å². The maximum Gasteiger partial charge on any atom is 0.337 e. The molecule has 134 valence electrons. The van der Waals surface area contributed by atoms with Crippen LogP contribution < -0.4 is 9.47 Å². The van der Waals surface area contributed by atoms with Crippen molar-refractivity contribution in [2.24, 2.45) is 0 Å². The zero-order valence-corrected chi connectivity index (χ0v) is 14.8. The van der Waals surface area contributed by atoms with Crippen LogP contribution in [0.5, 0.6) is 11.5 Å². The van der Waals surface area contributed by atoms with E-state index in [4.69, 9.17) is 25.6 Å². The molecular formula is C18H15ClN2O5. The molecule has 0 bridgehead atoms. The Morgan fingerprint density at radius 3 is 2.69 bits per heavy atom. The predicted octanol–water partition coefficient (Wildman–Crippen LogP) is 3.76. The molecule has 2 aromatic carbocycles. The molecule has 3 aromatic rings. The van der Waals surface area contributed by atoms with Gasteiger partial charge in [0.1, 0.15) is 0 Å². The van der Waals surface area contributed by atoms with Crippen molar-refractivity contribution in [2.45, 2.75) is 6.61 Å². The number of rotatable bonds is 6. The average molecular weight is 375 g/mol. The molecule has 0 atom stereocenters. The quantitative estimate of drug-likeness (QED) is 0.607. The molecule has 0 N–H and O–H groups in total. The molecular weight excluding hydrogens is 360 g/mol. The molecule has 1 heterocycles. The second-order valence-corrected chi connectivity index (χ2v) is 5.55. The van der Waals surface area contributed by atoms with Crippen LogP contribution in [0, 0.1) is 0 Å². The highest BCUT2D eigenvalue weighted by Gasteiger charge is 2.14. The van der Waals surface area contributed by atoms with Crippen molar-refractivity contribution in [1.82, 2.24) is 10.1 Å². The third-order valence-corrected chi connectivity index (χ3v) is 3.84. The van der Waals surface area contributed by atoms with Crippen LogP contribution in [0.3, 0.4) is 0 Å². The largest absolute Gasteiger partial charge is 0.493 e. The lowest BCUT2D eigenvalue weighted by Crippen LogP contribution is -2.03. The van der Waals surface area contributed by atoms with Crippen LogP contribution >= 0.6 is 11.6 Å². The van der Waals surface area contributed by atoms with Crippen molar-refractivity contribution in [3.8, 4) is 23.0 Å². The number of hydrogen-bond donors (Lipinski definition) is 0. The molecule has 0 aliphatic heterocycles. The van der Waals surface area contributed by atoms with Crippen LogP contribution in [-0.4, -0.2) is 30.3 Å². The molecule has 1 aromatic heterocycles. The summed E-state index contributed by atoms with van der Waals surface area (Å²) in [7, 11) is 2.79. The molecule has 0 saturated carbocycles. The SMILES string of the molecule is COC(=O)c1ccc(OCc2noc(-c3ccccc3Cl)n2)c(OC)c1. The van der Waals surface area contributed by atoms with Gasteiger partial charge in [-0.25, -0.2) is 4.79 Å². The summed E-state index contributed by atoms with van der Waals surface area (Å²) in [5.74, 6) is 1.02. The third kappa shape index (κ3) is 3.78. The number of benzene rings is 2. The zero-order chi connectivity index (χ0) is 18.5. The number of halogens is 1. The number of carbonyl (C=O) groups is 1. The number of hydrogen-bond acceptors (Lipinski definition) is 7. The summed E-state index contributed by atoms with van der Waals surface area (Å²) in [5, 5.41) is 4.40. The first-order valence-electron chi connectivity index (χ1n) is 7.59. The van der Waals surface area contributed by atoms with Crippen LogP contribution in [0.1, 0.15) is 16.2 Å². The first-order chi connectivity index (χ1) is 12.6. The topological polar surface area (TPSA) is 83.7 Å². The highest BCUT2D eigenvalue weighted by atomic mass is 35.5. The van der Waals surface area contributed by atoms with E-state index in [9.17, 15) is 4.79 Å². The summed E-state index contributed by atoms with van der Waals surface area (Å²) in [6, 6.07) is 11.9. The summed E-state index contributed by atoms with van der Waals surface area (Å²) >= 11 is 6.12. The lowest BCUT2D eigenvalue weighted by atomic mass is 10.2. The van der Waals surface area contributed by atoms with Crippen molar-refractivity contribution in [1.29, 1.82) is 0 Å². The summed E-state index contributed by atoms with van der Waals surface area (Å²) in [6.45, 7) is 0.0574. The van der Waals surface area contributed by atoms with E-state index in [1.165, 1.54) is 20.3 Å². The lowest BCUT2D eigenvalue weighted by molar-refractivity contribution is 0.0600. The van der Waals surface area contributed by atoms with Crippen molar-refractivity contribution in [3.05, 3.63) is 58.9 Å². The maximum absolute atomic E-state index is 11.6. The van der Waals surface area contributed by atoms with Gasteiger partial charge in [-0.2, -0.15) is 4.98 Å². The minimum atomic E-state index is -0.461. The van der Waals surface area contributed by atoms with E-state index in [0.717, 1.165) is 0 Å². The first kappa shape index (κ1) is 17.8. The van der Waals surface area contributed by atoms with Crippen LogP contribution in [0.15, 0.2) is 47.0 Å². The number of aromatic nitrogens is 2. The standard InChI is InChI=1S/C18H15ClN2O5/c1-23-15-9-11(18(22)24-2)7-8-14(15)25-10-16-20-17(26-21-16)12-5-3-4-6-13(12)19/h3-9H,10H2,1-2H3. The Balaban J connectivity index is 1.74. The van der Waals surface area contributed by atoms with Gasteiger partial charge in [0, 0.05) is 0 Å². The van der Waals surface area contributed by atoms with E-state index in [0.29, 0.717) is 39.4 Å². The van der Waals surface area contributed by atoms with Gasteiger partial charge in [-0.3, -0.25) is 0 Å². The van der Waals surface area contributed by atoms with Crippen molar-refractivity contribution < 1.29 is 23.5 Å². The van der Waals surface area contributed by atoms with Gasteiger partial charge in [-0.15, -0.1) is 0 Å². The molecule has 3 rings (SSSR count). The number of nitrogens with zero attached hydrogens (tertiary/aromatic N) is 2. The van der Waals surface area contributed by atoms with Crippen LogP contribution in [0.25, 0.3) is 11.5 Å². The van der Waals surface area contributed by atoms with E-state index in [-0.39, 0.29) is 6.61 Å². The summed E-state index contributed by atoms with van der Waals surface area (Å²) in [5.41, 5.74) is 1.00. The van der Waals surface area contributed by atoms with E-state index in [1.54, 1.807) is 24.3 Å². The van der Waals surface area contributed by atoms with Crippen LogP contribution in [-0.2, 0) is 11.3 Å². The van der Waals surface area contributed by atoms with E-state index >= 15 is 0 Å². The Labute approximate surface area is 154 Å². The summed E-state index contributed by atoms with van der Waals surface area (Å²) in [4.78, 5) is 15.8. The molecule has 0 spiro atoms. The third-order valence-electron chi connectivity index (χ3n) is 3.51. The summed E-state index contributed by atoms with van der Waals surface area (Å²) < 4.78 is 20.8. The highest BCUT2D eigenvalue weighted by molar-refractivity contribution is 6.33. The Bertz CT molecular complexity index is 925. The Hall–Kier alpha value is -3.06. The van der Waals surface area contributed by atoms with E-state index < -0.39 is 5.97 Å². The van der Waals surface area contributed by atoms with Crippen LogP contribution in [0.2, 0.25) is 5.02 Å². The van der Waals surface area contributed by atoms with Crippen molar-refractivity contribution in [2.75, 3.05) is 14.2 Å². The van der Waals surface area contributed by atoms with Gasteiger partial charge in [0.15, 0.2) is 18.1 Å². The Morgan fingerprint density at radius 1 is 1.15 bits per heavy atom. The van der Waals surface area contributed by atoms with Gasteiger partial charge in [-0.1, -0.05) is 28.9 Å². The predicted molar refractivity (Wildman–Crippen MR) is 93.4 cm³/mol. The van der Waals surface area contributed by atoms with Crippen molar-refractivity contribution >= 4 is 17.6 Å². The average Bonchev–Trinajstić information content (AvgIpc) is 3.14. The van der Waals surface area contributed by atoms with Gasteiger partial charge >= 0.3 is 5.97 Å². The van der Waals surface area contributed by atoms with Crippen LogP contribution in [0.4, 0.5) is 0 Å². The van der Waals surface area contributed by atoms with Gasteiger partial charge in [0.2, 0.25) is 5.82 Å². The minimum absolute atomic E-state index is 0.0574. The Kier molecular flexibility index (Phi) is 5.38. The fraction of sp³-hybridized carbons (Fsp3) is 0.167. The first-order valence-corrected chi connectivity index (χ1v) is 7.97. The molecule has 0 aliphatic carbocycles. The smallest absolute Gasteiger partial charge is 0.337 e. The number of esters is 1. The van der Waals surface area contributed by atoms with Gasteiger partial charge in [0.05, 0.1) is 30.4 Å². The molecule has 0 radical (unpaired) electrons. The number of ether oxygens (including phenoxy) is 3. The lowest BCUT2D eigenvalue weighted by Gasteiger charge is -2.10. The van der Waals surface area contributed by atoms with Gasteiger partial charge < -0.3 is 18.7 Å². The second kappa shape index (κ2) is 7.88. The second-order valence-electron chi connectivity index (χ2n) is 5.14. The maximum atomic E-state index is 11.6. The molecule has 26 heavy (non-hydrogen) atoms. The molecule has 0 unspecified atom stereocenters. The molecule has 0 amide bonds. The fourth-order valence-electron chi connectivity index (χ4n) is 2.23. The molecule has 0 fully saturated rings. The Morgan fingerprint density at radius 2 is 1.96 bits per heavy atom. The minimum Gasteiger partial charge on any atom is -0.493 e. The van der Waals surface area contributed by atoms with E-state index in [2.05, 4.69) is 14.9 Å². The normalized spacial score (nSPS) is 10.4.